The van der Waals surface area contributed by atoms with E-state index in [1.807, 2.05) is 0 Å². The number of unbranched alkanes of at least 4 members (excludes halogenated alkanes) is 10. The Labute approximate surface area is 290 Å². The van der Waals surface area contributed by atoms with Crippen molar-refractivity contribution in [1.82, 2.24) is 0 Å². The van der Waals surface area contributed by atoms with Gasteiger partial charge in [-0.3, -0.25) is 0 Å². The van der Waals surface area contributed by atoms with Crippen LogP contribution in [0.5, 0.6) is 0 Å². The van der Waals surface area contributed by atoms with Crippen molar-refractivity contribution in [2.45, 2.75) is 157 Å². The number of aryl methyl sites for hydroxylation is 2. The molecule has 0 bridgehead atoms. The minimum atomic E-state index is 0. The summed E-state index contributed by atoms with van der Waals surface area (Å²) in [7, 11) is 0. The molecular weight excluding hydrogens is 591 g/mol. The molecule has 0 saturated heterocycles. The van der Waals surface area contributed by atoms with Crippen LogP contribution in [0, 0.1) is 13.8 Å². The zero-order valence-corrected chi connectivity index (χ0v) is 31.0. The summed E-state index contributed by atoms with van der Waals surface area (Å²) in [5.41, 5.74) is 21.9. The number of hydrogen-bond acceptors (Lipinski definition) is 0. The quantitative estimate of drug-likeness (QED) is 0.0586. The fraction of sp³-hybridized carbons (Fsp3) is 0.571. The Kier molecular flexibility index (Phi) is 26.0. The smallest absolute Gasteiger partial charge is 0.493 e. The number of nitrogens with zero attached hydrogens (tertiary/aromatic N) is 2. The van der Waals surface area contributed by atoms with E-state index in [-0.39, 0.29) is 16.5 Å². The van der Waals surface area contributed by atoms with Gasteiger partial charge in [-0.15, -0.1) is 0 Å². The van der Waals surface area contributed by atoms with Crippen molar-refractivity contribution in [3.8, 4) is 0 Å². The third-order valence-corrected chi connectivity index (χ3v) is 8.46. The van der Waals surface area contributed by atoms with Crippen LogP contribution in [0.1, 0.15) is 167 Å². The van der Waals surface area contributed by atoms with Gasteiger partial charge in [-0.1, -0.05) is 116 Å². The largest absolute Gasteiger partial charge is 2.00 e. The van der Waals surface area contributed by atoms with Gasteiger partial charge in [-0.2, -0.15) is 13.8 Å². The van der Waals surface area contributed by atoms with Crippen LogP contribution < -0.4 is 0 Å². The summed E-state index contributed by atoms with van der Waals surface area (Å²) < 4.78 is 1.58. The topological polar surface area (TPSA) is 25.3 Å². The summed E-state index contributed by atoms with van der Waals surface area (Å²) in [4.78, 5) is 0. The maximum atomic E-state index is 12.0. The Bertz CT molecular complexity index is 1130. The minimum Gasteiger partial charge on any atom is -0.493 e. The molecular formula is C42H66N2Ni. The summed E-state index contributed by atoms with van der Waals surface area (Å²) in [5.74, 6) is 0. The van der Waals surface area contributed by atoms with Crippen molar-refractivity contribution < 1.29 is 21.2 Å². The molecule has 0 amide bonds. The van der Waals surface area contributed by atoms with E-state index < -0.39 is 0 Å². The van der Waals surface area contributed by atoms with E-state index in [4.69, 9.17) is 0 Å². The fourth-order valence-corrected chi connectivity index (χ4v) is 6.13. The van der Waals surface area contributed by atoms with Gasteiger partial charge in [0.25, 0.3) is 0 Å². The van der Waals surface area contributed by atoms with E-state index in [1.165, 1.54) is 105 Å². The zero-order chi connectivity index (χ0) is 32.6. The van der Waals surface area contributed by atoms with Gasteiger partial charge in [0, 0.05) is 22.3 Å². The first-order valence-electron chi connectivity index (χ1n) is 18.2. The van der Waals surface area contributed by atoms with E-state index in [0.717, 1.165) is 55.5 Å². The van der Waals surface area contributed by atoms with Gasteiger partial charge in [0.05, 0.1) is 0 Å². The molecule has 0 fully saturated rings. The summed E-state index contributed by atoms with van der Waals surface area (Å²) in [6, 6.07) is 18.0. The van der Waals surface area contributed by atoms with Crippen LogP contribution >= 0.6 is 0 Å². The van der Waals surface area contributed by atoms with Crippen LogP contribution in [-0.4, -0.2) is 4.70 Å². The van der Waals surface area contributed by atoms with Crippen LogP contribution in [0.25, 0.3) is 16.9 Å². The summed E-state index contributed by atoms with van der Waals surface area (Å²) in [5, 5.41) is 0. The Balaban J connectivity index is 0.00000372. The SMILES string of the molecule is CCCCCCCCC1=C(c2cccc(CCCCC)c2)[N+](=[N-])C(c2cccc(CCCCC)c2)=C1CCCC.[CH2-]C.[CH2-]C.[Ni+2]. The molecule has 45 heavy (non-hydrogen) atoms. The summed E-state index contributed by atoms with van der Waals surface area (Å²) in [6.07, 6.45) is 21.8. The van der Waals surface area contributed by atoms with Crippen molar-refractivity contribution in [3.63, 3.8) is 0 Å². The van der Waals surface area contributed by atoms with Gasteiger partial charge in [0.2, 0.25) is 11.4 Å². The van der Waals surface area contributed by atoms with Crippen LogP contribution in [0.2, 0.25) is 0 Å². The van der Waals surface area contributed by atoms with Gasteiger partial charge in [-0.25, -0.2) is 4.70 Å². The predicted molar refractivity (Wildman–Crippen MR) is 196 cm³/mol. The second kappa shape index (κ2) is 27.2. The van der Waals surface area contributed by atoms with Gasteiger partial charge in [-0.05, 0) is 86.8 Å². The average molecular weight is 658 g/mol. The van der Waals surface area contributed by atoms with E-state index in [1.54, 1.807) is 18.5 Å². The van der Waals surface area contributed by atoms with Crippen molar-refractivity contribution in [2.24, 2.45) is 0 Å². The molecule has 2 nitrogen and oxygen atoms in total. The van der Waals surface area contributed by atoms with Crippen LogP contribution in [-0.2, 0) is 29.3 Å². The maximum Gasteiger partial charge on any atom is 2.00 e. The minimum absolute atomic E-state index is 0. The second-order valence-electron chi connectivity index (χ2n) is 11.9. The molecule has 0 radical (unpaired) electrons. The van der Waals surface area contributed by atoms with E-state index >= 15 is 0 Å². The van der Waals surface area contributed by atoms with Crippen molar-refractivity contribution in [3.05, 3.63) is 101 Å². The van der Waals surface area contributed by atoms with Gasteiger partial charge in [0.1, 0.15) is 0 Å². The molecule has 0 N–H and O–H groups in total. The molecule has 1 aliphatic heterocycles. The van der Waals surface area contributed by atoms with Crippen LogP contribution in [0.3, 0.4) is 0 Å². The monoisotopic (exact) mass is 656 g/mol. The van der Waals surface area contributed by atoms with E-state index in [0.29, 0.717) is 0 Å². The number of hydrogen-bond donors (Lipinski definition) is 0. The molecule has 2 aromatic carbocycles. The van der Waals surface area contributed by atoms with Crippen LogP contribution in [0.4, 0.5) is 0 Å². The molecule has 2 aromatic rings. The number of allylic oxidation sites excluding steroid dienone is 2. The fourth-order valence-electron chi connectivity index (χ4n) is 6.13. The normalized spacial score (nSPS) is 12.4. The van der Waals surface area contributed by atoms with Crippen LogP contribution in [0.15, 0.2) is 59.7 Å². The van der Waals surface area contributed by atoms with Gasteiger partial charge < -0.3 is 19.4 Å². The standard InChI is InChI=1S/C38H56N2.2C2H5.Ni/c1-5-9-13-14-15-18-28-36-35(27-12-8-4)37(33-25-19-23-31(29-33)21-16-10-6-2)40(39)38(36)34-26-20-24-32(30-34)22-17-11-7-3;2*1-2;/h19-20,23-26,29-30H,5-18,21-22,27-28H2,1-4H3;2*1H2,2H3;/q;2*-1;+2. The molecule has 0 aliphatic carbocycles. The number of benzene rings is 2. The van der Waals surface area contributed by atoms with Gasteiger partial charge >= 0.3 is 16.5 Å². The third kappa shape index (κ3) is 14.5. The molecule has 3 heteroatoms. The molecule has 0 spiro atoms. The molecule has 3 rings (SSSR count). The summed E-state index contributed by atoms with van der Waals surface area (Å²) in [6.45, 7) is 19.1. The first kappa shape index (κ1) is 43.0. The first-order valence-corrected chi connectivity index (χ1v) is 18.2. The Morgan fingerprint density at radius 2 is 0.844 bits per heavy atom. The predicted octanol–water partition coefficient (Wildman–Crippen LogP) is 13.9. The molecule has 0 aromatic heterocycles. The molecule has 1 aliphatic rings. The Morgan fingerprint density at radius 1 is 0.489 bits per heavy atom. The van der Waals surface area contributed by atoms with E-state index in [2.05, 4.69) is 90.1 Å². The zero-order valence-electron chi connectivity index (χ0n) is 30.0. The Hall–Kier alpha value is -1.99. The van der Waals surface area contributed by atoms with E-state index in [9.17, 15) is 5.53 Å². The Morgan fingerprint density at radius 3 is 1.29 bits per heavy atom. The third-order valence-electron chi connectivity index (χ3n) is 8.46. The summed E-state index contributed by atoms with van der Waals surface area (Å²) >= 11 is 0. The molecule has 0 atom stereocenters. The van der Waals surface area contributed by atoms with Gasteiger partial charge in [0.15, 0.2) is 0 Å². The maximum absolute atomic E-state index is 12.0. The van der Waals surface area contributed by atoms with Crippen molar-refractivity contribution >= 4 is 11.4 Å². The second-order valence-corrected chi connectivity index (χ2v) is 11.9. The molecule has 254 valence electrons. The average Bonchev–Trinajstić information content (AvgIpc) is 3.34. The van der Waals surface area contributed by atoms with Crippen molar-refractivity contribution in [2.75, 3.05) is 0 Å². The first-order chi connectivity index (χ1) is 21.6. The number of rotatable bonds is 20. The van der Waals surface area contributed by atoms with Crippen molar-refractivity contribution in [1.29, 1.82) is 0 Å². The molecule has 1 heterocycles. The molecule has 0 unspecified atom stereocenters. The molecule has 0 saturated carbocycles.